The number of alkyl halides is 1. The Morgan fingerprint density at radius 3 is 2.00 bits per heavy atom. The normalized spacial score (nSPS) is 10.1. The van der Waals surface area contributed by atoms with E-state index in [1.54, 1.807) is 0 Å². The molecule has 0 bridgehead atoms. The Kier molecular flexibility index (Phi) is 7.74. The summed E-state index contributed by atoms with van der Waals surface area (Å²) in [6.07, 6.45) is 1.23. The zero-order valence-electron chi connectivity index (χ0n) is 7.89. The average molecular weight is 302 g/mol. The largest absolute Gasteiger partial charge is 0.351 e. The first-order valence-corrected chi connectivity index (χ1v) is 4.55. The molecular weight excluding hydrogens is 289 g/mol. The van der Waals surface area contributed by atoms with Gasteiger partial charge < -0.3 is 5.73 Å². The van der Waals surface area contributed by atoms with Gasteiger partial charge in [0.1, 0.15) is 4.32 Å². The molecule has 72 valence electrons. The number of carbonyl (C=O) groups excluding carboxylic acids is 2. The van der Waals surface area contributed by atoms with Crippen molar-refractivity contribution < 1.29 is 29.1 Å². The van der Waals surface area contributed by atoms with Crippen LogP contribution in [0.15, 0.2) is 0 Å². The van der Waals surface area contributed by atoms with Crippen molar-refractivity contribution in [1.82, 2.24) is 5.32 Å². The number of urea groups is 1. The maximum absolute atomic E-state index is 11.3. The van der Waals surface area contributed by atoms with E-state index in [2.05, 4.69) is 15.9 Å². The molecule has 0 aliphatic heterocycles. The van der Waals surface area contributed by atoms with Crippen LogP contribution in [0.3, 0.4) is 0 Å². The summed E-state index contributed by atoms with van der Waals surface area (Å²) in [5.41, 5.74) is 4.81. The molecule has 0 fully saturated rings. The summed E-state index contributed by atoms with van der Waals surface area (Å²) in [6, 6.07) is -0.814. The quantitative estimate of drug-likeness (QED) is 0.606. The molecular formula is C7H13BrN2O2Zn. The minimum Gasteiger partial charge on any atom is -0.351 e. The first-order valence-electron chi connectivity index (χ1n) is 3.76. The third-order valence-corrected chi connectivity index (χ3v) is 3.25. The van der Waals surface area contributed by atoms with Crippen LogP contribution >= 0.6 is 15.9 Å². The van der Waals surface area contributed by atoms with Gasteiger partial charge in [-0.3, -0.25) is 10.1 Å². The minimum absolute atomic E-state index is 0. The van der Waals surface area contributed by atoms with Crippen molar-refractivity contribution in [2.75, 3.05) is 0 Å². The maximum Gasteiger partial charge on any atom is 0.318 e. The molecule has 0 aromatic heterocycles. The number of primary amides is 1. The van der Waals surface area contributed by atoms with Crippen molar-refractivity contribution in [3.63, 3.8) is 0 Å². The van der Waals surface area contributed by atoms with E-state index in [1.807, 2.05) is 19.2 Å². The Morgan fingerprint density at radius 1 is 1.38 bits per heavy atom. The van der Waals surface area contributed by atoms with Crippen LogP contribution < -0.4 is 11.1 Å². The van der Waals surface area contributed by atoms with Crippen LogP contribution in [0, 0.1) is 0 Å². The van der Waals surface area contributed by atoms with Gasteiger partial charge in [-0.05, 0) is 12.8 Å². The Balaban J connectivity index is 0. The van der Waals surface area contributed by atoms with Crippen LogP contribution in [-0.2, 0) is 24.3 Å². The average Bonchev–Trinajstić information content (AvgIpc) is 2.02. The van der Waals surface area contributed by atoms with Gasteiger partial charge >= 0.3 is 6.03 Å². The molecule has 4 nitrogen and oxygen atoms in total. The third-order valence-electron chi connectivity index (χ3n) is 1.76. The van der Waals surface area contributed by atoms with E-state index >= 15 is 0 Å². The monoisotopic (exact) mass is 300 g/mol. The first-order chi connectivity index (χ1) is 5.46. The van der Waals surface area contributed by atoms with Gasteiger partial charge in [-0.15, -0.1) is 0 Å². The van der Waals surface area contributed by atoms with E-state index in [-0.39, 0.29) is 25.4 Å². The van der Waals surface area contributed by atoms with Crippen molar-refractivity contribution in [3.8, 4) is 0 Å². The number of hydrogen-bond donors (Lipinski definition) is 2. The molecule has 0 aromatic rings. The molecule has 3 N–H and O–H groups in total. The number of amides is 3. The molecule has 0 aromatic carbocycles. The van der Waals surface area contributed by atoms with Gasteiger partial charge in [-0.2, -0.15) is 0 Å². The van der Waals surface area contributed by atoms with E-state index in [1.165, 1.54) is 0 Å². The van der Waals surface area contributed by atoms with E-state index in [9.17, 15) is 9.59 Å². The van der Waals surface area contributed by atoms with Crippen molar-refractivity contribution in [2.45, 2.75) is 31.0 Å². The zero-order valence-corrected chi connectivity index (χ0v) is 12.4. The number of nitrogens with two attached hydrogens (primary N) is 1. The molecule has 0 spiro atoms. The first kappa shape index (κ1) is 15.5. The number of carbonyl (C=O) groups is 2. The number of rotatable bonds is 3. The fourth-order valence-corrected chi connectivity index (χ4v) is 0.894. The van der Waals surface area contributed by atoms with Crippen LogP contribution in [0.5, 0.6) is 0 Å². The molecule has 0 radical (unpaired) electrons. The molecule has 0 saturated heterocycles. The maximum atomic E-state index is 11.3. The molecule has 0 aliphatic rings. The summed E-state index contributed by atoms with van der Waals surface area (Å²) >= 11 is 3.26. The minimum atomic E-state index is -0.814. The van der Waals surface area contributed by atoms with E-state index in [4.69, 9.17) is 5.73 Å². The molecule has 0 heterocycles. The smallest absolute Gasteiger partial charge is 0.318 e. The fourth-order valence-electron chi connectivity index (χ4n) is 0.795. The number of imide groups is 1. The second kappa shape index (κ2) is 6.49. The Hall–Kier alpha value is 0.0434. The Morgan fingerprint density at radius 2 is 1.77 bits per heavy atom. The molecule has 0 saturated carbocycles. The van der Waals surface area contributed by atoms with Gasteiger partial charge in [0, 0.05) is 19.5 Å². The predicted molar refractivity (Wildman–Crippen MR) is 50.0 cm³/mol. The number of hydrogen-bond acceptors (Lipinski definition) is 2. The zero-order chi connectivity index (χ0) is 9.78. The SMILES string of the molecule is CCC(Br)(CC)C(=O)NC(N)=O.[Zn]. The standard InChI is InChI=1S/C7H13BrN2O2.Zn/c1-3-7(8,4-2)5(11)10-6(9)12;/h3-4H2,1-2H3,(H3,9,10,11,12);. The molecule has 3 amide bonds. The Bertz CT molecular complexity index is 195. The topological polar surface area (TPSA) is 72.2 Å². The number of halogens is 1. The predicted octanol–water partition coefficient (Wildman–Crippen LogP) is 1.13. The van der Waals surface area contributed by atoms with Crippen molar-refractivity contribution >= 4 is 27.9 Å². The number of nitrogens with one attached hydrogen (secondary N) is 1. The van der Waals surface area contributed by atoms with E-state index in [0.29, 0.717) is 12.8 Å². The third kappa shape index (κ3) is 4.72. The van der Waals surface area contributed by atoms with E-state index < -0.39 is 10.4 Å². The second-order valence-electron chi connectivity index (χ2n) is 2.49. The fraction of sp³-hybridized carbons (Fsp3) is 0.714. The van der Waals surface area contributed by atoms with Crippen LogP contribution in [0.1, 0.15) is 26.7 Å². The summed E-state index contributed by atoms with van der Waals surface area (Å²) < 4.78 is -0.665. The van der Waals surface area contributed by atoms with Crippen LogP contribution in [0.4, 0.5) is 4.79 Å². The van der Waals surface area contributed by atoms with Gasteiger partial charge in [0.25, 0.3) is 0 Å². The summed E-state index contributed by atoms with van der Waals surface area (Å²) in [5, 5.41) is 2.04. The van der Waals surface area contributed by atoms with Crippen molar-refractivity contribution in [2.24, 2.45) is 5.73 Å². The van der Waals surface area contributed by atoms with Crippen LogP contribution in [-0.4, -0.2) is 16.3 Å². The summed E-state index contributed by atoms with van der Waals surface area (Å²) in [5.74, 6) is -0.375. The molecule has 0 unspecified atom stereocenters. The summed E-state index contributed by atoms with van der Waals surface area (Å²) in [6.45, 7) is 3.72. The van der Waals surface area contributed by atoms with Crippen molar-refractivity contribution in [3.05, 3.63) is 0 Å². The van der Waals surface area contributed by atoms with E-state index in [0.717, 1.165) is 0 Å². The second-order valence-corrected chi connectivity index (χ2v) is 4.01. The molecule has 0 rings (SSSR count). The molecule has 6 heteroatoms. The summed E-state index contributed by atoms with van der Waals surface area (Å²) in [7, 11) is 0. The summed E-state index contributed by atoms with van der Waals surface area (Å²) in [4.78, 5) is 21.6. The van der Waals surface area contributed by atoms with Gasteiger partial charge in [0.05, 0.1) is 0 Å². The molecule has 0 atom stereocenters. The molecule has 0 aliphatic carbocycles. The van der Waals surface area contributed by atoms with Gasteiger partial charge in [-0.1, -0.05) is 29.8 Å². The van der Waals surface area contributed by atoms with Gasteiger partial charge in [-0.25, -0.2) is 4.79 Å². The van der Waals surface area contributed by atoms with Gasteiger partial charge in [0.15, 0.2) is 0 Å². The van der Waals surface area contributed by atoms with Crippen molar-refractivity contribution in [1.29, 1.82) is 0 Å². The van der Waals surface area contributed by atoms with Gasteiger partial charge in [0.2, 0.25) is 5.91 Å². The Labute approximate surface area is 98.9 Å². The van der Waals surface area contributed by atoms with Crippen LogP contribution in [0.2, 0.25) is 0 Å². The molecule has 13 heavy (non-hydrogen) atoms. The van der Waals surface area contributed by atoms with Crippen LogP contribution in [0.25, 0.3) is 0 Å².